The molecular weight excluding hydrogens is 204 g/mol. The van der Waals surface area contributed by atoms with Gasteiger partial charge < -0.3 is 10.1 Å². The van der Waals surface area contributed by atoms with Crippen molar-refractivity contribution in [2.24, 2.45) is 0 Å². The molecule has 0 radical (unpaired) electrons. The maximum Gasteiger partial charge on any atom is 0.258 e. The van der Waals surface area contributed by atoms with Gasteiger partial charge in [-0.05, 0) is 13.0 Å². The van der Waals surface area contributed by atoms with Crippen molar-refractivity contribution in [2.75, 3.05) is 0 Å². The van der Waals surface area contributed by atoms with E-state index in [-0.39, 0.29) is 12.2 Å². The van der Waals surface area contributed by atoms with Crippen molar-refractivity contribution in [1.29, 1.82) is 0 Å². The fourth-order valence-corrected chi connectivity index (χ4v) is 1.46. The summed E-state index contributed by atoms with van der Waals surface area (Å²) in [6.07, 6.45) is 0. The molecule has 2 rings (SSSR count). The first-order valence-corrected chi connectivity index (χ1v) is 5.32. The predicted octanol–water partition coefficient (Wildman–Crippen LogP) is 1.75. The Hall–Kier alpha value is -1.68. The molecule has 4 nitrogen and oxygen atoms in total. The van der Waals surface area contributed by atoms with Crippen LogP contribution in [0.1, 0.15) is 25.2 Å². The summed E-state index contributed by atoms with van der Waals surface area (Å²) in [6, 6.07) is 5.19. The molecule has 16 heavy (non-hydrogen) atoms. The van der Waals surface area contributed by atoms with Crippen molar-refractivity contribution in [3.63, 3.8) is 0 Å². The van der Waals surface area contributed by atoms with Gasteiger partial charge in [0.15, 0.2) is 0 Å². The average Bonchev–Trinajstić information content (AvgIpc) is 2.31. The summed E-state index contributed by atoms with van der Waals surface area (Å²) < 4.78 is 0. The summed E-state index contributed by atoms with van der Waals surface area (Å²) in [5.74, 6) is 0.559. The molecule has 2 N–H and O–H groups in total. The first kappa shape index (κ1) is 12.4. The van der Waals surface area contributed by atoms with Crippen molar-refractivity contribution in [2.45, 2.75) is 27.4 Å². The lowest BCUT2D eigenvalue weighted by Gasteiger charge is -2.02. The molecule has 1 aromatic carbocycles. The number of nitrogens with zero attached hydrogens (tertiary/aromatic N) is 1. The molecule has 0 saturated carbocycles. The van der Waals surface area contributed by atoms with Gasteiger partial charge in [0.25, 0.3) is 5.56 Å². The van der Waals surface area contributed by atoms with Crippen molar-refractivity contribution < 1.29 is 5.11 Å². The second-order valence-electron chi connectivity index (χ2n) is 3.12. The number of nitrogens with one attached hydrogen (secondary N) is 1. The normalized spacial score (nSPS) is 9.75. The van der Waals surface area contributed by atoms with E-state index in [0.29, 0.717) is 22.3 Å². The molecule has 0 fully saturated rings. The Balaban J connectivity index is 0.000000606. The van der Waals surface area contributed by atoms with E-state index in [9.17, 15) is 4.79 Å². The summed E-state index contributed by atoms with van der Waals surface area (Å²) in [5.41, 5.74) is 1.09. The highest BCUT2D eigenvalue weighted by molar-refractivity contribution is 5.80. The first-order chi connectivity index (χ1) is 7.72. The molecule has 0 amide bonds. The van der Waals surface area contributed by atoms with Gasteiger partial charge in [-0.2, -0.15) is 0 Å². The Morgan fingerprint density at radius 3 is 2.69 bits per heavy atom. The van der Waals surface area contributed by atoms with Gasteiger partial charge in [0.2, 0.25) is 0 Å². The highest BCUT2D eigenvalue weighted by Gasteiger charge is 2.04. The SMILES string of the molecule is CC.Cc1nc2c(CO)cccc2c(=O)[nH]1. The third kappa shape index (κ3) is 2.28. The maximum absolute atomic E-state index is 11.5. The van der Waals surface area contributed by atoms with E-state index in [1.807, 2.05) is 13.8 Å². The Morgan fingerprint density at radius 2 is 2.06 bits per heavy atom. The minimum Gasteiger partial charge on any atom is -0.392 e. The molecule has 0 bridgehead atoms. The second kappa shape index (κ2) is 5.42. The van der Waals surface area contributed by atoms with Gasteiger partial charge in [0.05, 0.1) is 17.5 Å². The summed E-state index contributed by atoms with van der Waals surface area (Å²) >= 11 is 0. The summed E-state index contributed by atoms with van der Waals surface area (Å²) in [4.78, 5) is 18.3. The highest BCUT2D eigenvalue weighted by atomic mass is 16.3. The molecule has 0 aliphatic rings. The van der Waals surface area contributed by atoms with E-state index in [1.54, 1.807) is 25.1 Å². The monoisotopic (exact) mass is 220 g/mol. The van der Waals surface area contributed by atoms with Crippen LogP contribution in [0, 0.1) is 6.92 Å². The van der Waals surface area contributed by atoms with Crippen LogP contribution in [0.3, 0.4) is 0 Å². The minimum absolute atomic E-state index is 0.104. The third-order valence-corrected chi connectivity index (χ3v) is 2.11. The molecule has 0 aliphatic heterocycles. The molecule has 1 aromatic heterocycles. The van der Waals surface area contributed by atoms with E-state index in [2.05, 4.69) is 9.97 Å². The van der Waals surface area contributed by atoms with Crippen LogP contribution in [0.4, 0.5) is 0 Å². The maximum atomic E-state index is 11.5. The highest BCUT2D eigenvalue weighted by Crippen LogP contribution is 2.12. The van der Waals surface area contributed by atoms with Crippen molar-refractivity contribution in [1.82, 2.24) is 9.97 Å². The van der Waals surface area contributed by atoms with Crippen LogP contribution >= 0.6 is 0 Å². The molecule has 4 heteroatoms. The lowest BCUT2D eigenvalue weighted by Crippen LogP contribution is -2.10. The summed E-state index contributed by atoms with van der Waals surface area (Å²) in [5, 5.41) is 9.58. The van der Waals surface area contributed by atoms with Crippen molar-refractivity contribution >= 4 is 10.9 Å². The van der Waals surface area contributed by atoms with E-state index >= 15 is 0 Å². The van der Waals surface area contributed by atoms with Crippen LogP contribution in [0.15, 0.2) is 23.0 Å². The zero-order valence-corrected chi connectivity index (χ0v) is 9.74. The number of fused-ring (bicyclic) bond motifs is 1. The smallest absolute Gasteiger partial charge is 0.258 e. The summed E-state index contributed by atoms with van der Waals surface area (Å²) in [6.45, 7) is 5.61. The number of aliphatic hydroxyl groups excluding tert-OH is 1. The van der Waals surface area contributed by atoms with Gasteiger partial charge in [0.1, 0.15) is 5.82 Å². The lowest BCUT2D eigenvalue weighted by atomic mass is 10.1. The van der Waals surface area contributed by atoms with Crippen LogP contribution in [-0.4, -0.2) is 15.1 Å². The van der Waals surface area contributed by atoms with E-state index in [4.69, 9.17) is 5.11 Å². The van der Waals surface area contributed by atoms with Gasteiger partial charge in [-0.15, -0.1) is 0 Å². The number of aromatic amines is 1. The zero-order valence-electron chi connectivity index (χ0n) is 9.74. The van der Waals surface area contributed by atoms with Gasteiger partial charge in [-0.1, -0.05) is 26.0 Å². The average molecular weight is 220 g/mol. The number of benzene rings is 1. The minimum atomic E-state index is -0.164. The van der Waals surface area contributed by atoms with Crippen molar-refractivity contribution in [3.8, 4) is 0 Å². The molecule has 0 saturated heterocycles. The third-order valence-electron chi connectivity index (χ3n) is 2.11. The lowest BCUT2D eigenvalue weighted by molar-refractivity contribution is 0.283. The Labute approximate surface area is 94.0 Å². The standard InChI is InChI=1S/C10H10N2O2.C2H6/c1-6-11-9-7(5-13)3-2-4-8(9)10(14)12-6;1-2/h2-4,13H,5H2,1H3,(H,11,12,14);1-2H3. The molecule has 0 aliphatic carbocycles. The Morgan fingerprint density at radius 1 is 1.38 bits per heavy atom. The molecule has 2 aromatic rings. The summed E-state index contributed by atoms with van der Waals surface area (Å²) in [7, 11) is 0. The zero-order chi connectivity index (χ0) is 12.1. The Bertz CT molecular complexity index is 532. The number of hydrogen-bond acceptors (Lipinski definition) is 3. The predicted molar refractivity (Wildman–Crippen MR) is 64.4 cm³/mol. The molecular formula is C12H16N2O2. The van der Waals surface area contributed by atoms with Crippen LogP contribution in [0.2, 0.25) is 0 Å². The molecule has 0 atom stereocenters. The fraction of sp³-hybridized carbons (Fsp3) is 0.333. The van der Waals surface area contributed by atoms with Gasteiger partial charge >= 0.3 is 0 Å². The van der Waals surface area contributed by atoms with Gasteiger partial charge in [-0.25, -0.2) is 4.98 Å². The number of para-hydroxylation sites is 1. The number of rotatable bonds is 1. The Kier molecular flexibility index (Phi) is 4.19. The van der Waals surface area contributed by atoms with E-state index in [1.165, 1.54) is 0 Å². The second-order valence-corrected chi connectivity index (χ2v) is 3.12. The van der Waals surface area contributed by atoms with Crippen LogP contribution in [0.5, 0.6) is 0 Å². The number of aromatic nitrogens is 2. The molecule has 86 valence electrons. The molecule has 0 spiro atoms. The van der Waals surface area contributed by atoms with Crippen LogP contribution in [-0.2, 0) is 6.61 Å². The molecule has 0 unspecified atom stereocenters. The fourth-order valence-electron chi connectivity index (χ4n) is 1.46. The first-order valence-electron chi connectivity index (χ1n) is 5.32. The van der Waals surface area contributed by atoms with Crippen molar-refractivity contribution in [3.05, 3.63) is 39.9 Å². The number of hydrogen-bond donors (Lipinski definition) is 2. The van der Waals surface area contributed by atoms with E-state index in [0.717, 1.165) is 0 Å². The largest absolute Gasteiger partial charge is 0.392 e. The van der Waals surface area contributed by atoms with Crippen LogP contribution in [0.25, 0.3) is 10.9 Å². The van der Waals surface area contributed by atoms with Crippen LogP contribution < -0.4 is 5.56 Å². The molecule has 1 heterocycles. The number of aryl methyl sites for hydroxylation is 1. The topological polar surface area (TPSA) is 66.0 Å². The van der Waals surface area contributed by atoms with E-state index < -0.39 is 0 Å². The van der Waals surface area contributed by atoms with Gasteiger partial charge in [-0.3, -0.25) is 4.79 Å². The quantitative estimate of drug-likeness (QED) is 0.769. The van der Waals surface area contributed by atoms with Gasteiger partial charge in [0, 0.05) is 5.56 Å². The number of aliphatic hydroxyl groups is 1. The number of H-pyrrole nitrogens is 1.